The van der Waals surface area contributed by atoms with Gasteiger partial charge in [-0.2, -0.15) is 0 Å². The van der Waals surface area contributed by atoms with Crippen LogP contribution >= 0.6 is 0 Å². The second kappa shape index (κ2) is 4.06. The van der Waals surface area contributed by atoms with E-state index in [0.29, 0.717) is 12.5 Å². The lowest BCUT2D eigenvalue weighted by Crippen LogP contribution is -2.43. The third-order valence-corrected chi connectivity index (χ3v) is 5.12. The van der Waals surface area contributed by atoms with Crippen molar-refractivity contribution >= 4 is 0 Å². The molecule has 0 amide bonds. The number of allylic oxidation sites excluding steroid dienone is 1. The van der Waals surface area contributed by atoms with Crippen LogP contribution in [0.2, 0.25) is 0 Å². The van der Waals surface area contributed by atoms with Crippen molar-refractivity contribution in [3.63, 3.8) is 0 Å². The number of hydrogen-bond acceptors (Lipinski definition) is 3. The minimum absolute atomic E-state index is 0.103. The lowest BCUT2D eigenvalue weighted by Gasteiger charge is -2.36. The lowest BCUT2D eigenvalue weighted by molar-refractivity contribution is -0.176. The summed E-state index contributed by atoms with van der Waals surface area (Å²) in [5.41, 5.74) is 1.02. The topological polar surface area (TPSA) is 38.7 Å². The first-order chi connectivity index (χ1) is 8.46. The SMILES string of the molecule is CC(C)=CCC1OC23CCC(O)CC2C1(C)OC3. The third-order valence-electron chi connectivity index (χ3n) is 5.12. The van der Waals surface area contributed by atoms with Gasteiger partial charge in [0, 0.05) is 5.92 Å². The molecule has 2 heterocycles. The molecular weight excluding hydrogens is 228 g/mol. The lowest BCUT2D eigenvalue weighted by atomic mass is 9.70. The van der Waals surface area contributed by atoms with Crippen LogP contribution in [-0.2, 0) is 9.47 Å². The fraction of sp³-hybridized carbons (Fsp3) is 0.867. The molecule has 0 aromatic rings. The summed E-state index contributed by atoms with van der Waals surface area (Å²) in [6.07, 6.45) is 5.77. The molecule has 0 radical (unpaired) electrons. The van der Waals surface area contributed by atoms with Gasteiger partial charge in [-0.1, -0.05) is 11.6 Å². The van der Waals surface area contributed by atoms with Gasteiger partial charge >= 0.3 is 0 Å². The van der Waals surface area contributed by atoms with Gasteiger partial charge in [0.05, 0.1) is 30.0 Å². The zero-order chi connectivity index (χ0) is 13.0. The van der Waals surface area contributed by atoms with Crippen LogP contribution in [0.4, 0.5) is 0 Å². The Morgan fingerprint density at radius 1 is 1.44 bits per heavy atom. The first-order valence-electron chi connectivity index (χ1n) is 7.09. The van der Waals surface area contributed by atoms with E-state index in [-0.39, 0.29) is 23.4 Å². The maximum absolute atomic E-state index is 9.91. The van der Waals surface area contributed by atoms with Crippen LogP contribution in [0.25, 0.3) is 0 Å². The van der Waals surface area contributed by atoms with Gasteiger partial charge in [-0.25, -0.2) is 0 Å². The van der Waals surface area contributed by atoms with E-state index < -0.39 is 0 Å². The first-order valence-corrected chi connectivity index (χ1v) is 7.09. The Kier molecular flexibility index (Phi) is 2.85. The summed E-state index contributed by atoms with van der Waals surface area (Å²) in [5, 5.41) is 9.91. The zero-order valence-electron chi connectivity index (χ0n) is 11.6. The molecule has 5 unspecified atom stereocenters. The molecule has 102 valence electrons. The highest BCUT2D eigenvalue weighted by molar-refractivity contribution is 5.17. The van der Waals surface area contributed by atoms with E-state index in [9.17, 15) is 5.11 Å². The van der Waals surface area contributed by atoms with Crippen molar-refractivity contribution in [3.05, 3.63) is 11.6 Å². The molecule has 3 nitrogen and oxygen atoms in total. The quantitative estimate of drug-likeness (QED) is 0.767. The van der Waals surface area contributed by atoms with E-state index in [1.54, 1.807) is 0 Å². The standard InChI is InChI=1S/C15H24O3/c1-10(2)4-5-13-14(3)12-8-11(16)6-7-15(12,18-13)9-17-14/h4,11-13,16H,5-9H2,1-3H3. The molecule has 1 aliphatic carbocycles. The second-order valence-electron chi connectivity index (χ2n) is 6.64. The Hall–Kier alpha value is -0.380. The second-order valence-corrected chi connectivity index (χ2v) is 6.64. The highest BCUT2D eigenvalue weighted by atomic mass is 16.6. The molecule has 0 spiro atoms. The van der Waals surface area contributed by atoms with Gasteiger partial charge in [0.25, 0.3) is 0 Å². The van der Waals surface area contributed by atoms with Crippen LogP contribution < -0.4 is 0 Å². The number of rotatable bonds is 2. The van der Waals surface area contributed by atoms with E-state index in [0.717, 1.165) is 25.7 Å². The van der Waals surface area contributed by atoms with E-state index >= 15 is 0 Å². The molecule has 3 heteroatoms. The number of ether oxygens (including phenoxy) is 2. The number of aliphatic hydroxyl groups is 1. The Bertz CT molecular complexity index is 374. The van der Waals surface area contributed by atoms with Crippen LogP contribution in [0.3, 0.4) is 0 Å². The molecule has 1 saturated carbocycles. The van der Waals surface area contributed by atoms with Gasteiger partial charge in [0.1, 0.15) is 0 Å². The summed E-state index contributed by atoms with van der Waals surface area (Å²) < 4.78 is 12.5. The first kappa shape index (κ1) is 12.6. The van der Waals surface area contributed by atoms with Crippen molar-refractivity contribution in [1.29, 1.82) is 0 Å². The average Bonchev–Trinajstić information content (AvgIpc) is 2.73. The fourth-order valence-corrected chi connectivity index (χ4v) is 4.01. The Morgan fingerprint density at radius 2 is 2.22 bits per heavy atom. The summed E-state index contributed by atoms with van der Waals surface area (Å²) in [4.78, 5) is 0. The molecule has 5 atom stereocenters. The van der Waals surface area contributed by atoms with Crippen molar-refractivity contribution in [2.75, 3.05) is 6.61 Å². The monoisotopic (exact) mass is 252 g/mol. The van der Waals surface area contributed by atoms with Gasteiger partial charge in [-0.15, -0.1) is 0 Å². The number of hydrogen-bond donors (Lipinski definition) is 1. The van der Waals surface area contributed by atoms with E-state index in [2.05, 4.69) is 26.8 Å². The molecule has 2 aliphatic heterocycles. The normalized spacial score (nSPS) is 50.1. The smallest absolute Gasteiger partial charge is 0.0978 e. The molecule has 2 bridgehead atoms. The Balaban J connectivity index is 1.84. The average molecular weight is 252 g/mol. The van der Waals surface area contributed by atoms with E-state index in [1.807, 2.05) is 0 Å². The zero-order valence-corrected chi connectivity index (χ0v) is 11.6. The van der Waals surface area contributed by atoms with Crippen LogP contribution in [0, 0.1) is 5.92 Å². The van der Waals surface area contributed by atoms with Gasteiger partial charge in [0.15, 0.2) is 0 Å². The van der Waals surface area contributed by atoms with E-state index in [4.69, 9.17) is 9.47 Å². The molecule has 3 fully saturated rings. The van der Waals surface area contributed by atoms with Crippen LogP contribution in [0.15, 0.2) is 11.6 Å². The molecule has 3 rings (SSSR count). The highest BCUT2D eigenvalue weighted by Crippen LogP contribution is 2.58. The summed E-state index contributed by atoms with van der Waals surface area (Å²) in [5.74, 6) is 0.365. The van der Waals surface area contributed by atoms with Crippen molar-refractivity contribution in [2.24, 2.45) is 5.92 Å². The van der Waals surface area contributed by atoms with Crippen LogP contribution in [-0.4, -0.2) is 35.1 Å². The van der Waals surface area contributed by atoms with Gasteiger partial charge in [0.2, 0.25) is 0 Å². The minimum Gasteiger partial charge on any atom is -0.393 e. The maximum Gasteiger partial charge on any atom is 0.0978 e. The van der Waals surface area contributed by atoms with Gasteiger partial charge < -0.3 is 14.6 Å². The van der Waals surface area contributed by atoms with E-state index in [1.165, 1.54) is 5.57 Å². The van der Waals surface area contributed by atoms with Crippen LogP contribution in [0.1, 0.15) is 46.5 Å². The van der Waals surface area contributed by atoms with Crippen molar-refractivity contribution in [3.8, 4) is 0 Å². The minimum atomic E-state index is -0.201. The van der Waals surface area contributed by atoms with Crippen molar-refractivity contribution < 1.29 is 14.6 Å². The molecule has 18 heavy (non-hydrogen) atoms. The Labute approximate surface area is 109 Å². The van der Waals surface area contributed by atoms with Gasteiger partial charge in [-0.3, -0.25) is 0 Å². The molecular formula is C15H24O3. The van der Waals surface area contributed by atoms with Gasteiger partial charge in [-0.05, 0) is 46.5 Å². The molecule has 2 saturated heterocycles. The molecule has 1 N–H and O–H groups in total. The highest BCUT2D eigenvalue weighted by Gasteiger charge is 2.68. The Morgan fingerprint density at radius 3 is 2.94 bits per heavy atom. The molecule has 0 aromatic heterocycles. The molecule has 3 aliphatic rings. The number of aliphatic hydroxyl groups excluding tert-OH is 1. The predicted molar refractivity (Wildman–Crippen MR) is 69.4 cm³/mol. The third kappa shape index (κ3) is 1.68. The summed E-state index contributed by atoms with van der Waals surface area (Å²) >= 11 is 0. The largest absolute Gasteiger partial charge is 0.393 e. The summed E-state index contributed by atoms with van der Waals surface area (Å²) in [6, 6.07) is 0. The molecule has 0 aromatic carbocycles. The fourth-order valence-electron chi connectivity index (χ4n) is 4.01. The van der Waals surface area contributed by atoms with Crippen molar-refractivity contribution in [2.45, 2.75) is 69.9 Å². The van der Waals surface area contributed by atoms with Crippen LogP contribution in [0.5, 0.6) is 0 Å². The maximum atomic E-state index is 9.91. The summed E-state index contributed by atoms with van der Waals surface area (Å²) in [7, 11) is 0. The summed E-state index contributed by atoms with van der Waals surface area (Å²) in [6.45, 7) is 7.12. The predicted octanol–water partition coefficient (Wildman–Crippen LogP) is 2.43. The van der Waals surface area contributed by atoms with Crippen molar-refractivity contribution in [1.82, 2.24) is 0 Å².